The summed E-state index contributed by atoms with van der Waals surface area (Å²) in [6.45, 7) is 16.1. The van der Waals surface area contributed by atoms with Gasteiger partial charge in [0, 0.05) is 11.6 Å². The SMILES string of the molecule is CC(C)C(=O)OC(C)(C)C.CC(C)NS(=O)(=O)CC(F)(F)F.CC(C)n1ncc(-c2ccccc2)c(-c2ccccc2)c1=O. The summed E-state index contributed by atoms with van der Waals surface area (Å²) in [6.07, 6.45) is -2.89. The molecule has 8 nitrogen and oxygen atoms in total. The first-order chi connectivity index (χ1) is 20.1. The van der Waals surface area contributed by atoms with Gasteiger partial charge in [0.1, 0.15) is 5.60 Å². The van der Waals surface area contributed by atoms with Gasteiger partial charge in [-0.15, -0.1) is 0 Å². The smallest absolute Gasteiger partial charge is 0.404 e. The predicted molar refractivity (Wildman–Crippen MR) is 169 cm³/mol. The van der Waals surface area contributed by atoms with Crippen LogP contribution in [0.4, 0.5) is 13.2 Å². The number of hydrogen-bond acceptors (Lipinski definition) is 6. The number of carbonyl (C=O) groups excluding carboxylic acids is 1. The van der Waals surface area contributed by atoms with Crippen LogP contribution in [0.1, 0.15) is 68.4 Å². The molecule has 1 heterocycles. The second-order valence-electron chi connectivity index (χ2n) is 11.8. The zero-order valence-corrected chi connectivity index (χ0v) is 27.6. The van der Waals surface area contributed by atoms with E-state index in [4.69, 9.17) is 4.74 Å². The summed E-state index contributed by atoms with van der Waals surface area (Å²) in [6, 6.07) is 19.2. The van der Waals surface area contributed by atoms with E-state index in [0.717, 1.165) is 16.7 Å². The number of carbonyl (C=O) groups is 1. The fourth-order valence-electron chi connectivity index (χ4n) is 3.59. The van der Waals surface area contributed by atoms with Crippen LogP contribution < -0.4 is 10.3 Å². The summed E-state index contributed by atoms with van der Waals surface area (Å²) in [5.74, 6) is -1.98. The monoisotopic (exact) mass is 639 g/mol. The van der Waals surface area contributed by atoms with Crippen molar-refractivity contribution in [2.45, 2.75) is 86.2 Å². The van der Waals surface area contributed by atoms with E-state index >= 15 is 0 Å². The van der Waals surface area contributed by atoms with E-state index in [1.807, 2.05) is 114 Å². The van der Waals surface area contributed by atoms with Crippen LogP contribution in [-0.2, 0) is 19.6 Å². The molecule has 0 unspecified atom stereocenters. The summed E-state index contributed by atoms with van der Waals surface area (Å²) in [5.41, 5.74) is 3.10. The van der Waals surface area contributed by atoms with Crippen LogP contribution in [0.15, 0.2) is 71.7 Å². The highest BCUT2D eigenvalue weighted by Crippen LogP contribution is 2.28. The summed E-state index contributed by atoms with van der Waals surface area (Å²) < 4.78 is 64.4. The first-order valence-corrected chi connectivity index (χ1v) is 15.8. The second kappa shape index (κ2) is 16.5. The molecule has 0 fully saturated rings. The molecule has 0 aliphatic heterocycles. The van der Waals surface area contributed by atoms with Gasteiger partial charge < -0.3 is 4.74 Å². The lowest BCUT2D eigenvalue weighted by atomic mass is 9.97. The van der Waals surface area contributed by atoms with Crippen molar-refractivity contribution in [2.24, 2.45) is 5.92 Å². The van der Waals surface area contributed by atoms with Gasteiger partial charge in [-0.2, -0.15) is 18.3 Å². The minimum Gasteiger partial charge on any atom is -0.460 e. The summed E-state index contributed by atoms with van der Waals surface area (Å²) in [5, 5.41) is 4.34. The maximum Gasteiger partial charge on any atom is 0.404 e. The van der Waals surface area contributed by atoms with Crippen LogP contribution in [-0.4, -0.2) is 47.7 Å². The Kier molecular flexibility index (Phi) is 14.5. The summed E-state index contributed by atoms with van der Waals surface area (Å²) in [4.78, 5) is 23.8. The fourth-order valence-corrected chi connectivity index (χ4v) is 4.82. The number of nitrogens with one attached hydrogen (secondary N) is 1. The standard InChI is InChI=1S/C19H18N2O.C8H16O2.C5H10F3NO2S/c1-14(2)21-19(22)18(16-11-7-4-8-12-16)17(13-20-21)15-9-5-3-6-10-15;1-6(2)7(9)10-8(3,4)5;1-4(2)9-12(10,11)3-5(6,7)8/h3-14H,1-2H3;6H,1-5H3;4,9H,3H2,1-2H3. The van der Waals surface area contributed by atoms with Crippen molar-refractivity contribution in [3.05, 3.63) is 77.2 Å². The van der Waals surface area contributed by atoms with Crippen molar-refractivity contribution in [3.8, 4) is 22.3 Å². The second-order valence-corrected chi connectivity index (χ2v) is 13.6. The topological polar surface area (TPSA) is 107 Å². The lowest BCUT2D eigenvalue weighted by Crippen LogP contribution is -2.37. The zero-order valence-electron chi connectivity index (χ0n) is 26.8. The van der Waals surface area contributed by atoms with Gasteiger partial charge in [0.25, 0.3) is 5.56 Å². The van der Waals surface area contributed by atoms with E-state index in [9.17, 15) is 31.2 Å². The maximum absolute atomic E-state index is 12.9. The highest BCUT2D eigenvalue weighted by Gasteiger charge is 2.35. The quantitative estimate of drug-likeness (QED) is 0.279. The van der Waals surface area contributed by atoms with Gasteiger partial charge >= 0.3 is 12.1 Å². The average Bonchev–Trinajstić information content (AvgIpc) is 2.87. The van der Waals surface area contributed by atoms with Crippen LogP contribution in [0, 0.1) is 5.92 Å². The molecule has 0 aliphatic rings. The minimum absolute atomic E-state index is 0.0276. The van der Waals surface area contributed by atoms with E-state index in [1.165, 1.54) is 18.5 Å². The number of nitrogens with zero attached hydrogens (tertiary/aromatic N) is 2. The molecule has 0 saturated carbocycles. The molecule has 3 aromatic rings. The Hall–Kier alpha value is -3.51. The van der Waals surface area contributed by atoms with Crippen LogP contribution in [0.5, 0.6) is 0 Å². The molecule has 0 atom stereocenters. The summed E-state index contributed by atoms with van der Waals surface area (Å²) >= 11 is 0. The van der Waals surface area contributed by atoms with Gasteiger partial charge in [0.2, 0.25) is 10.0 Å². The minimum atomic E-state index is -4.68. The van der Waals surface area contributed by atoms with Gasteiger partial charge in [0.15, 0.2) is 5.75 Å². The molecular weight excluding hydrogens is 595 g/mol. The van der Waals surface area contributed by atoms with Crippen molar-refractivity contribution in [2.75, 3.05) is 5.75 Å². The molecule has 12 heteroatoms. The van der Waals surface area contributed by atoms with Crippen molar-refractivity contribution in [3.63, 3.8) is 0 Å². The highest BCUT2D eigenvalue weighted by molar-refractivity contribution is 7.89. The third-order valence-corrected chi connectivity index (χ3v) is 6.82. The molecule has 1 aromatic heterocycles. The van der Waals surface area contributed by atoms with Crippen molar-refractivity contribution in [1.82, 2.24) is 14.5 Å². The van der Waals surface area contributed by atoms with Gasteiger partial charge in [-0.05, 0) is 59.6 Å². The van der Waals surface area contributed by atoms with Crippen molar-refractivity contribution >= 4 is 16.0 Å². The Bertz CT molecular complexity index is 1480. The number of halogens is 3. The van der Waals surface area contributed by atoms with Gasteiger partial charge in [-0.1, -0.05) is 74.5 Å². The number of benzene rings is 2. The van der Waals surface area contributed by atoms with Crippen LogP contribution in [0.25, 0.3) is 22.3 Å². The molecular formula is C32H44F3N3O5S. The molecule has 244 valence electrons. The molecule has 2 aromatic carbocycles. The Morgan fingerprint density at radius 1 is 0.886 bits per heavy atom. The van der Waals surface area contributed by atoms with Gasteiger partial charge in [-0.25, -0.2) is 17.8 Å². The molecule has 0 spiro atoms. The zero-order chi connectivity index (χ0) is 33.9. The van der Waals surface area contributed by atoms with E-state index < -0.39 is 28.0 Å². The third kappa shape index (κ3) is 14.3. The Morgan fingerprint density at radius 3 is 1.73 bits per heavy atom. The van der Waals surface area contributed by atoms with E-state index in [1.54, 1.807) is 6.20 Å². The molecule has 0 saturated heterocycles. The Labute approximate surface area is 258 Å². The maximum atomic E-state index is 12.9. The fraction of sp³-hybridized carbons (Fsp3) is 0.469. The number of alkyl halides is 3. The first-order valence-electron chi connectivity index (χ1n) is 14.2. The average molecular weight is 640 g/mol. The normalized spacial score (nSPS) is 11.9. The lowest BCUT2D eigenvalue weighted by molar-refractivity contribution is -0.158. The van der Waals surface area contributed by atoms with Gasteiger partial charge in [-0.3, -0.25) is 9.59 Å². The Balaban J connectivity index is 0.000000374. The predicted octanol–water partition coefficient (Wildman–Crippen LogP) is 7.02. The number of esters is 1. The highest BCUT2D eigenvalue weighted by atomic mass is 32.2. The number of rotatable bonds is 7. The van der Waals surface area contributed by atoms with E-state index in [2.05, 4.69) is 5.10 Å². The number of sulfonamides is 1. The van der Waals surface area contributed by atoms with Crippen LogP contribution in [0.3, 0.4) is 0 Å². The van der Waals surface area contributed by atoms with E-state index in [0.29, 0.717) is 5.56 Å². The number of ether oxygens (including phenoxy) is 1. The van der Waals surface area contributed by atoms with Crippen LogP contribution >= 0.6 is 0 Å². The van der Waals surface area contributed by atoms with E-state index in [-0.39, 0.29) is 29.1 Å². The molecule has 0 amide bonds. The molecule has 0 radical (unpaired) electrons. The van der Waals surface area contributed by atoms with Crippen molar-refractivity contribution < 1.29 is 31.1 Å². The molecule has 0 aliphatic carbocycles. The molecule has 44 heavy (non-hydrogen) atoms. The molecule has 1 N–H and O–H groups in total. The molecule has 0 bridgehead atoms. The number of hydrogen-bond donors (Lipinski definition) is 1. The largest absolute Gasteiger partial charge is 0.460 e. The first kappa shape index (κ1) is 38.5. The Morgan fingerprint density at radius 2 is 1.36 bits per heavy atom. The molecule has 3 rings (SSSR count). The third-order valence-electron chi connectivity index (χ3n) is 5.29. The lowest BCUT2D eigenvalue weighted by Gasteiger charge is -2.20. The summed E-state index contributed by atoms with van der Waals surface area (Å²) in [7, 11) is -4.21. The number of aromatic nitrogens is 2. The van der Waals surface area contributed by atoms with Gasteiger partial charge in [0.05, 0.1) is 23.7 Å². The van der Waals surface area contributed by atoms with Crippen molar-refractivity contribution in [1.29, 1.82) is 0 Å². The van der Waals surface area contributed by atoms with Crippen LogP contribution in [0.2, 0.25) is 0 Å².